The first kappa shape index (κ1) is 11.9. The average molecular weight is 235 g/mol. The van der Waals surface area contributed by atoms with Crippen molar-refractivity contribution < 1.29 is 9.53 Å². The summed E-state index contributed by atoms with van der Waals surface area (Å²) in [6.07, 6.45) is 3.82. The summed E-state index contributed by atoms with van der Waals surface area (Å²) < 4.78 is 5.50. The summed E-state index contributed by atoms with van der Waals surface area (Å²) in [5, 5.41) is 0. The van der Waals surface area contributed by atoms with E-state index >= 15 is 0 Å². The molecule has 1 aromatic heterocycles. The molecule has 1 amide bonds. The van der Waals surface area contributed by atoms with Gasteiger partial charge in [-0.25, -0.2) is 4.98 Å². The Morgan fingerprint density at radius 2 is 2.53 bits per heavy atom. The molecule has 1 aliphatic heterocycles. The van der Waals surface area contributed by atoms with Gasteiger partial charge in [0.15, 0.2) is 0 Å². The number of anilines is 1. The van der Waals surface area contributed by atoms with Gasteiger partial charge in [0.25, 0.3) is 5.91 Å². The van der Waals surface area contributed by atoms with Crippen molar-refractivity contribution in [3.8, 4) is 0 Å². The van der Waals surface area contributed by atoms with E-state index in [1.165, 1.54) is 0 Å². The van der Waals surface area contributed by atoms with Crippen LogP contribution in [0.15, 0.2) is 18.3 Å². The maximum atomic E-state index is 12.1. The van der Waals surface area contributed by atoms with E-state index in [0.717, 1.165) is 19.4 Å². The van der Waals surface area contributed by atoms with Gasteiger partial charge in [-0.15, -0.1) is 0 Å². The van der Waals surface area contributed by atoms with Crippen LogP contribution in [0.4, 0.5) is 5.82 Å². The van der Waals surface area contributed by atoms with Crippen LogP contribution >= 0.6 is 0 Å². The number of carbonyl (C=O) groups is 1. The summed E-state index contributed by atoms with van der Waals surface area (Å²) in [6.45, 7) is 1.40. The number of aromatic nitrogens is 1. The molecule has 0 spiro atoms. The van der Waals surface area contributed by atoms with E-state index in [4.69, 9.17) is 10.5 Å². The molecular formula is C12H17N3O2. The third-order valence-electron chi connectivity index (χ3n) is 2.92. The number of likely N-dealkylation sites (N-methyl/N-ethyl adjacent to an activating group) is 1. The van der Waals surface area contributed by atoms with Crippen LogP contribution in [0.25, 0.3) is 0 Å². The standard InChI is InChI=1S/C12H17N3O2/c1-15(8-9-4-3-7-17-9)12(16)10-5-2-6-14-11(10)13/h2,5-6,9H,3-4,7-8H2,1H3,(H2,13,14). The zero-order valence-corrected chi connectivity index (χ0v) is 9.93. The molecular weight excluding hydrogens is 218 g/mol. The monoisotopic (exact) mass is 235 g/mol. The number of nitrogens with zero attached hydrogens (tertiary/aromatic N) is 2. The van der Waals surface area contributed by atoms with Crippen LogP contribution < -0.4 is 5.73 Å². The number of nitrogens with two attached hydrogens (primary N) is 1. The maximum absolute atomic E-state index is 12.1. The van der Waals surface area contributed by atoms with Gasteiger partial charge in [-0.05, 0) is 25.0 Å². The Morgan fingerprint density at radius 1 is 1.71 bits per heavy atom. The summed E-state index contributed by atoms with van der Waals surface area (Å²) in [6, 6.07) is 3.40. The van der Waals surface area contributed by atoms with Crippen LogP contribution in [0.2, 0.25) is 0 Å². The van der Waals surface area contributed by atoms with Crippen LogP contribution in [0, 0.1) is 0 Å². The molecule has 0 aromatic carbocycles. The molecule has 5 heteroatoms. The summed E-state index contributed by atoms with van der Waals surface area (Å²) in [4.78, 5) is 17.7. The summed E-state index contributed by atoms with van der Waals surface area (Å²) in [5.41, 5.74) is 6.13. The first-order valence-corrected chi connectivity index (χ1v) is 5.76. The number of carbonyl (C=O) groups excluding carboxylic acids is 1. The Labute approximate surface area is 101 Å². The predicted octanol–water partition coefficient (Wildman–Crippen LogP) is 0.915. The van der Waals surface area contributed by atoms with Gasteiger partial charge in [0, 0.05) is 26.4 Å². The first-order valence-electron chi connectivity index (χ1n) is 5.76. The second-order valence-electron chi connectivity index (χ2n) is 4.26. The molecule has 2 heterocycles. The van der Waals surface area contributed by atoms with Gasteiger partial charge in [0.2, 0.25) is 0 Å². The van der Waals surface area contributed by atoms with Gasteiger partial charge in [0.05, 0.1) is 11.7 Å². The minimum atomic E-state index is -0.105. The van der Waals surface area contributed by atoms with Gasteiger partial charge < -0.3 is 15.4 Å². The zero-order valence-electron chi connectivity index (χ0n) is 9.93. The van der Waals surface area contributed by atoms with Crippen LogP contribution in [0.3, 0.4) is 0 Å². The predicted molar refractivity (Wildman–Crippen MR) is 64.6 cm³/mol. The highest BCUT2D eigenvalue weighted by molar-refractivity contribution is 5.98. The van der Waals surface area contributed by atoms with Crippen LogP contribution in [0.1, 0.15) is 23.2 Å². The summed E-state index contributed by atoms with van der Waals surface area (Å²) in [7, 11) is 1.76. The van der Waals surface area contributed by atoms with E-state index in [-0.39, 0.29) is 17.8 Å². The maximum Gasteiger partial charge on any atom is 0.257 e. The quantitative estimate of drug-likeness (QED) is 0.845. The Morgan fingerprint density at radius 3 is 3.18 bits per heavy atom. The van der Waals surface area contributed by atoms with E-state index in [0.29, 0.717) is 12.1 Å². The SMILES string of the molecule is CN(CC1CCCO1)C(=O)c1cccnc1N. The summed E-state index contributed by atoms with van der Waals surface area (Å²) in [5.74, 6) is 0.169. The van der Waals surface area contributed by atoms with Gasteiger partial charge in [-0.3, -0.25) is 4.79 Å². The van der Waals surface area contributed by atoms with Gasteiger partial charge in [-0.2, -0.15) is 0 Å². The molecule has 0 radical (unpaired) electrons. The molecule has 92 valence electrons. The number of pyridine rings is 1. The number of nitrogen functional groups attached to an aromatic ring is 1. The number of ether oxygens (including phenoxy) is 1. The van der Waals surface area contributed by atoms with Crippen molar-refractivity contribution in [2.75, 3.05) is 25.9 Å². The second-order valence-corrected chi connectivity index (χ2v) is 4.26. The fraction of sp³-hybridized carbons (Fsp3) is 0.500. The molecule has 1 aliphatic rings. The third kappa shape index (κ3) is 2.74. The molecule has 0 aliphatic carbocycles. The van der Waals surface area contributed by atoms with E-state index in [9.17, 15) is 4.79 Å². The van der Waals surface area contributed by atoms with E-state index < -0.39 is 0 Å². The summed E-state index contributed by atoms with van der Waals surface area (Å²) >= 11 is 0. The molecule has 0 saturated carbocycles. The lowest BCUT2D eigenvalue weighted by molar-refractivity contribution is 0.0587. The molecule has 1 aromatic rings. The van der Waals surface area contributed by atoms with Crippen molar-refractivity contribution in [1.82, 2.24) is 9.88 Å². The van der Waals surface area contributed by atoms with Crippen molar-refractivity contribution in [2.45, 2.75) is 18.9 Å². The lowest BCUT2D eigenvalue weighted by Crippen LogP contribution is -2.34. The molecule has 2 N–H and O–H groups in total. The third-order valence-corrected chi connectivity index (χ3v) is 2.92. The molecule has 5 nitrogen and oxygen atoms in total. The molecule has 1 unspecified atom stereocenters. The molecule has 1 atom stereocenters. The average Bonchev–Trinajstić information content (AvgIpc) is 2.81. The van der Waals surface area contributed by atoms with Crippen molar-refractivity contribution in [3.63, 3.8) is 0 Å². The normalized spacial score (nSPS) is 19.2. The van der Waals surface area contributed by atoms with E-state index in [1.807, 2.05) is 0 Å². The van der Waals surface area contributed by atoms with Gasteiger partial charge in [-0.1, -0.05) is 0 Å². The number of hydrogen-bond donors (Lipinski definition) is 1. The van der Waals surface area contributed by atoms with Crippen LogP contribution in [-0.2, 0) is 4.74 Å². The minimum Gasteiger partial charge on any atom is -0.383 e. The fourth-order valence-corrected chi connectivity index (χ4v) is 1.98. The largest absolute Gasteiger partial charge is 0.383 e. The van der Waals surface area contributed by atoms with Crippen LogP contribution in [-0.4, -0.2) is 42.1 Å². The zero-order chi connectivity index (χ0) is 12.3. The molecule has 2 rings (SSSR count). The fourth-order valence-electron chi connectivity index (χ4n) is 1.98. The molecule has 1 saturated heterocycles. The highest BCUT2D eigenvalue weighted by Crippen LogP contribution is 2.15. The minimum absolute atomic E-state index is 0.105. The molecule has 17 heavy (non-hydrogen) atoms. The number of rotatable bonds is 3. The van der Waals surface area contributed by atoms with Crippen molar-refractivity contribution in [1.29, 1.82) is 0 Å². The molecule has 0 bridgehead atoms. The lowest BCUT2D eigenvalue weighted by Gasteiger charge is -2.21. The Hall–Kier alpha value is -1.62. The van der Waals surface area contributed by atoms with Gasteiger partial charge in [0.1, 0.15) is 5.82 Å². The molecule has 1 fully saturated rings. The number of hydrogen-bond acceptors (Lipinski definition) is 4. The second kappa shape index (κ2) is 5.14. The first-order chi connectivity index (χ1) is 8.18. The number of amides is 1. The Bertz CT molecular complexity index is 402. The van der Waals surface area contributed by atoms with E-state index in [1.54, 1.807) is 30.3 Å². The Kier molecular flexibility index (Phi) is 3.58. The van der Waals surface area contributed by atoms with Gasteiger partial charge >= 0.3 is 0 Å². The lowest BCUT2D eigenvalue weighted by atomic mass is 10.2. The Balaban J connectivity index is 2.01. The van der Waals surface area contributed by atoms with E-state index in [2.05, 4.69) is 4.98 Å². The van der Waals surface area contributed by atoms with Crippen molar-refractivity contribution in [3.05, 3.63) is 23.9 Å². The van der Waals surface area contributed by atoms with Crippen molar-refractivity contribution in [2.24, 2.45) is 0 Å². The smallest absolute Gasteiger partial charge is 0.257 e. The highest BCUT2D eigenvalue weighted by Gasteiger charge is 2.21. The topological polar surface area (TPSA) is 68.5 Å². The van der Waals surface area contributed by atoms with Crippen molar-refractivity contribution >= 4 is 11.7 Å². The highest BCUT2D eigenvalue weighted by atomic mass is 16.5. The van der Waals surface area contributed by atoms with Crippen LogP contribution in [0.5, 0.6) is 0 Å².